The average Bonchev–Trinajstić information content (AvgIpc) is 3.82. The Morgan fingerprint density at radius 1 is 0.675 bits per heavy atom. The topological polar surface area (TPSA) is 356 Å². The van der Waals surface area contributed by atoms with Crippen molar-refractivity contribution in [1.29, 1.82) is 5.41 Å². The van der Waals surface area contributed by atoms with Gasteiger partial charge in [-0.2, -0.15) is 5.10 Å². The van der Waals surface area contributed by atoms with Crippen LogP contribution in [0.25, 0.3) is 0 Å². The summed E-state index contributed by atoms with van der Waals surface area (Å²) in [5.41, 5.74) is 0.886. The number of hydrogen-bond acceptors (Lipinski definition) is 16. The number of aromatic amines is 1. The van der Waals surface area contributed by atoms with Gasteiger partial charge in [0, 0.05) is 117 Å². The molecule has 0 saturated carbocycles. The lowest BCUT2D eigenvalue weighted by atomic mass is 9.88. The number of hydrazine groups is 1. The molecular formula is C51H69Cl4N11O11. The van der Waals surface area contributed by atoms with Gasteiger partial charge in [0.25, 0.3) is 34.1 Å². The van der Waals surface area contributed by atoms with Crippen LogP contribution in [0.2, 0.25) is 0 Å². The van der Waals surface area contributed by atoms with Crippen molar-refractivity contribution in [3.63, 3.8) is 0 Å². The number of nitrogens with zero attached hydrogens (tertiary/aromatic N) is 5. The van der Waals surface area contributed by atoms with Crippen LogP contribution in [0, 0.1) is 46.6 Å². The number of H-pyrrole nitrogens is 1. The number of allylic oxidation sites excluding steroid dienone is 2. The maximum atomic E-state index is 12.1. The van der Waals surface area contributed by atoms with E-state index in [0.29, 0.717) is 23.6 Å². The first-order chi connectivity index (χ1) is 34.7. The van der Waals surface area contributed by atoms with Gasteiger partial charge in [-0.3, -0.25) is 76.1 Å². The van der Waals surface area contributed by atoms with Gasteiger partial charge in [-0.05, 0) is 55.8 Å². The molecule has 2 heterocycles. The summed E-state index contributed by atoms with van der Waals surface area (Å²) in [4.78, 5) is 91.3. The van der Waals surface area contributed by atoms with Gasteiger partial charge in [0.1, 0.15) is 5.78 Å². The van der Waals surface area contributed by atoms with Crippen molar-refractivity contribution in [3.8, 4) is 0 Å². The van der Waals surface area contributed by atoms with Gasteiger partial charge in [0.15, 0.2) is 11.6 Å². The molecule has 0 aliphatic carbocycles. The second-order valence-electron chi connectivity index (χ2n) is 18.2. The Morgan fingerprint density at radius 2 is 1.08 bits per heavy atom. The number of carbonyl (C=O) groups is 5. The molecule has 2 aromatic heterocycles. The fraction of sp³-hybridized carbons (Fsp3) is 0.333. The first-order valence-corrected chi connectivity index (χ1v) is 23.4. The monoisotopic (exact) mass is 1150 g/mol. The maximum absolute atomic E-state index is 12.1. The third-order valence-electron chi connectivity index (χ3n) is 8.78. The lowest BCUT2D eigenvalue weighted by Gasteiger charge is -2.15. The molecule has 77 heavy (non-hydrogen) atoms. The molecule has 422 valence electrons. The van der Waals surface area contributed by atoms with E-state index >= 15 is 0 Å². The van der Waals surface area contributed by atoms with Gasteiger partial charge >= 0.3 is 0 Å². The summed E-state index contributed by atoms with van der Waals surface area (Å²) in [5, 5.41) is 50.2. The normalized spacial score (nSPS) is 10.2. The number of nitrogens with two attached hydrogens (primary N) is 2. The number of anilines is 1. The Bertz CT molecular complexity index is 2660. The zero-order valence-electron chi connectivity index (χ0n) is 43.8. The number of hydrogen-bond donors (Lipinski definition) is 6. The summed E-state index contributed by atoms with van der Waals surface area (Å²) < 4.78 is 0. The smallest absolute Gasteiger partial charge is 0.270 e. The van der Waals surface area contributed by atoms with E-state index in [9.17, 15) is 54.3 Å². The molecule has 26 heteroatoms. The SMILES string of the molecule is C.C/C(=C\C(=O)C(C)(C)C)NC(=O)c1cccc([N+](=O)[O-])c1.CC(=N)CC(=O)C(C)(C)C.CC(C)(C)c1cc(NC(=O)c2cccc([N+](=O)[O-])c2)n[nH]1.Cl.ClCCl.NN.O=C(Cl)c1cccc([N+](=O)[O-])c1.c1ccncc1. The molecular weight excluding hydrogens is 1080 g/mol. The minimum atomic E-state index is -0.696. The number of Topliss-reactive ketones (excluding diaryl/α,β-unsaturated/α-hetero) is 1. The van der Waals surface area contributed by atoms with E-state index in [-0.39, 0.29) is 81.3 Å². The molecule has 0 unspecified atom stereocenters. The fourth-order valence-corrected chi connectivity index (χ4v) is 4.86. The quantitative estimate of drug-likeness (QED) is 0.0136. The molecule has 22 nitrogen and oxygen atoms in total. The van der Waals surface area contributed by atoms with Crippen LogP contribution in [0.3, 0.4) is 0 Å². The van der Waals surface area contributed by atoms with Gasteiger partial charge in [0.2, 0.25) is 0 Å². The van der Waals surface area contributed by atoms with Gasteiger partial charge in [-0.1, -0.05) is 94.0 Å². The Hall–Kier alpha value is -7.34. The van der Waals surface area contributed by atoms with Gasteiger partial charge in [-0.15, -0.1) is 35.6 Å². The molecule has 0 fully saturated rings. The van der Waals surface area contributed by atoms with Crippen LogP contribution in [0.15, 0.2) is 121 Å². The van der Waals surface area contributed by atoms with E-state index in [1.165, 1.54) is 72.8 Å². The lowest BCUT2D eigenvalue weighted by Crippen LogP contribution is -2.24. The lowest BCUT2D eigenvalue weighted by molar-refractivity contribution is -0.385. The van der Waals surface area contributed by atoms with E-state index in [1.54, 1.807) is 53.1 Å². The predicted octanol–water partition coefficient (Wildman–Crippen LogP) is 12.1. The highest BCUT2D eigenvalue weighted by molar-refractivity contribution is 6.67. The van der Waals surface area contributed by atoms with Crippen molar-refractivity contribution < 1.29 is 38.7 Å². The second kappa shape index (κ2) is 38.2. The first kappa shape index (κ1) is 76.2. The zero-order valence-corrected chi connectivity index (χ0v) is 46.9. The minimum Gasteiger partial charge on any atom is -0.326 e. The number of rotatable bonds is 11. The molecule has 0 spiro atoms. The third kappa shape index (κ3) is 33.3. The van der Waals surface area contributed by atoms with Crippen LogP contribution in [0.4, 0.5) is 22.9 Å². The number of aromatic nitrogens is 3. The van der Waals surface area contributed by atoms with Gasteiger partial charge < -0.3 is 16.0 Å². The zero-order chi connectivity index (χ0) is 58.3. The van der Waals surface area contributed by atoms with E-state index in [0.717, 1.165) is 11.8 Å². The summed E-state index contributed by atoms with van der Waals surface area (Å²) in [6.45, 7) is 20.3. The Balaban J connectivity index is -0.000000442. The molecule has 0 aliphatic heterocycles. The van der Waals surface area contributed by atoms with Crippen LogP contribution in [-0.2, 0) is 15.0 Å². The standard InChI is InChI=1S/C15H18N2O4.C14H16N4O3.C8H15NO.C7H4ClNO3.C5H5N.CH2Cl2.CH4.ClH.H4N2/c1-10(8-13(18)15(2,3)4)16-14(19)11-6-5-7-12(9-11)17(20)21;1-14(2,3)11-8-12(17-16-11)15-13(19)9-5-4-6-10(7-9)18(20)21;1-6(9)5-7(10)8(2,3)4;8-7(10)5-2-1-3-6(4-5)9(11)12;1-2-4-6-5-3-1;2-1-3;;;1-2/h5-9H,1-4H3,(H,16,19);4-8H,1-3H3,(H2,15,16,17,19);9H,5H2,1-4H3;1-4H;1-5H;1H2;1H4;1H;1-2H2/b10-8+;;;;;;;;. The number of amides is 2. The predicted molar refractivity (Wildman–Crippen MR) is 306 cm³/mol. The van der Waals surface area contributed by atoms with Crippen molar-refractivity contribution in [1.82, 2.24) is 20.5 Å². The van der Waals surface area contributed by atoms with Crippen molar-refractivity contribution in [2.45, 2.75) is 95.4 Å². The third-order valence-corrected chi connectivity index (χ3v) is 8.99. The number of nitro benzene ring substituents is 3. The largest absolute Gasteiger partial charge is 0.326 e. The number of non-ortho nitro benzene ring substituents is 3. The summed E-state index contributed by atoms with van der Waals surface area (Å²) in [6.07, 6.45) is 5.15. The molecule has 0 saturated heterocycles. The highest BCUT2D eigenvalue weighted by Crippen LogP contribution is 2.23. The summed E-state index contributed by atoms with van der Waals surface area (Å²) in [5.74, 6) is 7.48. The van der Waals surface area contributed by atoms with E-state index < -0.39 is 37.2 Å². The number of halogens is 4. The Kier molecular flexibility index (Phi) is 37.8. The van der Waals surface area contributed by atoms with Crippen LogP contribution in [-0.4, -0.2) is 69.6 Å². The van der Waals surface area contributed by atoms with Crippen LogP contribution in [0.5, 0.6) is 0 Å². The molecule has 5 rings (SSSR count). The van der Waals surface area contributed by atoms with Crippen LogP contribution >= 0.6 is 47.2 Å². The van der Waals surface area contributed by atoms with Gasteiger partial charge in [0.05, 0.1) is 20.1 Å². The fourth-order valence-electron chi connectivity index (χ4n) is 4.74. The Labute approximate surface area is 469 Å². The molecule has 2 amide bonds. The molecule has 0 atom stereocenters. The highest BCUT2D eigenvalue weighted by Gasteiger charge is 2.22. The number of nitrogens with one attached hydrogen (secondary N) is 4. The van der Waals surface area contributed by atoms with Crippen molar-refractivity contribution in [2.75, 3.05) is 10.7 Å². The first-order valence-electron chi connectivity index (χ1n) is 22.0. The molecule has 8 N–H and O–H groups in total. The van der Waals surface area contributed by atoms with Gasteiger partial charge in [-0.25, -0.2) is 0 Å². The number of benzene rings is 3. The summed E-state index contributed by atoms with van der Waals surface area (Å²) in [7, 11) is 0. The average molecular weight is 1150 g/mol. The molecule has 3 aromatic carbocycles. The maximum Gasteiger partial charge on any atom is 0.270 e. The van der Waals surface area contributed by atoms with Crippen molar-refractivity contribution >= 4 is 104 Å². The van der Waals surface area contributed by atoms with E-state index in [1.807, 2.05) is 59.7 Å². The number of carbonyl (C=O) groups excluding carboxylic acids is 5. The van der Waals surface area contributed by atoms with Crippen molar-refractivity contribution in [2.24, 2.45) is 22.5 Å². The Morgan fingerprint density at radius 3 is 1.38 bits per heavy atom. The van der Waals surface area contributed by atoms with Crippen LogP contribution in [0.1, 0.15) is 127 Å². The number of ketones is 2. The highest BCUT2D eigenvalue weighted by atomic mass is 35.5. The number of pyridine rings is 1. The second-order valence-corrected chi connectivity index (χ2v) is 19.4. The minimum absolute atomic E-state index is 0. The summed E-state index contributed by atoms with van der Waals surface area (Å²) in [6, 6.07) is 23.7. The molecule has 5 aromatic rings. The molecule has 0 bridgehead atoms. The number of alkyl halides is 2. The van der Waals surface area contributed by atoms with E-state index in [2.05, 4.69) is 37.5 Å². The van der Waals surface area contributed by atoms with Crippen LogP contribution < -0.4 is 22.3 Å². The van der Waals surface area contributed by atoms with Crippen molar-refractivity contribution in [3.05, 3.63) is 174 Å². The molecule has 0 radical (unpaired) electrons. The number of nitro groups is 3. The summed E-state index contributed by atoms with van der Waals surface area (Å²) >= 11 is 14.6. The van der Waals surface area contributed by atoms with E-state index in [4.69, 9.17) is 40.2 Å². The molecule has 0 aliphatic rings.